The number of nitrogens with one attached hydrogen (secondary N) is 2. The molecule has 1 fully saturated rings. The van der Waals surface area contributed by atoms with E-state index in [0.717, 1.165) is 12.2 Å². The van der Waals surface area contributed by atoms with Crippen LogP contribution < -0.4 is 10.6 Å². The van der Waals surface area contributed by atoms with Crippen LogP contribution in [0.1, 0.15) is 0 Å². The van der Waals surface area contributed by atoms with Crippen molar-refractivity contribution in [3.63, 3.8) is 0 Å². The van der Waals surface area contributed by atoms with Crippen molar-refractivity contribution in [1.82, 2.24) is 5.32 Å². The molecule has 2 rings (SSSR count). The zero-order chi connectivity index (χ0) is 9.80. The minimum atomic E-state index is -0.358. The molecule has 6 heteroatoms. The Morgan fingerprint density at radius 1 is 1.67 bits per heavy atom. The lowest BCUT2D eigenvalue weighted by molar-refractivity contribution is -0.128. The monoisotopic (exact) mass is 248 g/mol. The standard InChI is InChI=1S/C9H12N2O2S.ClH/c12-9(8-5-10-2-3-13-8)11-7-1-4-14-6-7;/h1,4,6,8,10H,2-3,5H2,(H,11,12);1H. The number of ether oxygens (including phenoxy) is 1. The summed E-state index contributed by atoms with van der Waals surface area (Å²) in [5.74, 6) is -0.0735. The van der Waals surface area contributed by atoms with Gasteiger partial charge in [0, 0.05) is 18.5 Å². The summed E-state index contributed by atoms with van der Waals surface area (Å²) in [4.78, 5) is 11.6. The maximum Gasteiger partial charge on any atom is 0.254 e. The van der Waals surface area contributed by atoms with Crippen LogP contribution in [0.4, 0.5) is 5.69 Å². The van der Waals surface area contributed by atoms with Gasteiger partial charge in [0.1, 0.15) is 6.10 Å². The van der Waals surface area contributed by atoms with Crippen molar-refractivity contribution < 1.29 is 9.53 Å². The minimum absolute atomic E-state index is 0. The van der Waals surface area contributed by atoms with E-state index in [4.69, 9.17) is 4.74 Å². The fraction of sp³-hybridized carbons (Fsp3) is 0.444. The van der Waals surface area contributed by atoms with Crippen molar-refractivity contribution in [2.24, 2.45) is 0 Å². The number of hydrogen-bond donors (Lipinski definition) is 2. The minimum Gasteiger partial charge on any atom is -0.366 e. The Morgan fingerprint density at radius 2 is 2.53 bits per heavy atom. The van der Waals surface area contributed by atoms with Crippen molar-refractivity contribution in [3.8, 4) is 0 Å². The van der Waals surface area contributed by atoms with E-state index in [1.807, 2.05) is 16.8 Å². The van der Waals surface area contributed by atoms with Crippen molar-refractivity contribution in [3.05, 3.63) is 16.8 Å². The van der Waals surface area contributed by atoms with E-state index in [-0.39, 0.29) is 24.4 Å². The Labute approximate surface area is 98.4 Å². The van der Waals surface area contributed by atoms with E-state index < -0.39 is 0 Å². The predicted molar refractivity (Wildman–Crippen MR) is 62.8 cm³/mol. The van der Waals surface area contributed by atoms with Gasteiger partial charge >= 0.3 is 0 Å². The van der Waals surface area contributed by atoms with Gasteiger partial charge in [-0.05, 0) is 11.4 Å². The molecule has 0 aliphatic carbocycles. The van der Waals surface area contributed by atoms with E-state index in [1.165, 1.54) is 0 Å². The molecular weight excluding hydrogens is 236 g/mol. The summed E-state index contributed by atoms with van der Waals surface area (Å²) >= 11 is 1.56. The molecule has 1 aliphatic heterocycles. The number of carbonyl (C=O) groups excluding carboxylic acids is 1. The lowest BCUT2D eigenvalue weighted by atomic mass is 10.3. The third-order valence-corrected chi connectivity index (χ3v) is 2.69. The molecule has 1 aromatic rings. The highest BCUT2D eigenvalue weighted by Gasteiger charge is 2.21. The molecule has 1 amide bonds. The molecule has 2 heterocycles. The first-order chi connectivity index (χ1) is 6.86. The first-order valence-electron chi connectivity index (χ1n) is 4.51. The molecule has 0 radical (unpaired) electrons. The Kier molecular flexibility index (Phi) is 5.04. The van der Waals surface area contributed by atoms with Gasteiger partial charge in [0.15, 0.2) is 0 Å². The number of carbonyl (C=O) groups is 1. The number of anilines is 1. The number of hydrogen-bond acceptors (Lipinski definition) is 4. The highest BCUT2D eigenvalue weighted by atomic mass is 35.5. The maximum atomic E-state index is 11.6. The van der Waals surface area contributed by atoms with E-state index in [2.05, 4.69) is 10.6 Å². The third-order valence-electron chi connectivity index (χ3n) is 2.01. The van der Waals surface area contributed by atoms with Gasteiger partial charge in [-0.3, -0.25) is 4.79 Å². The normalized spacial score (nSPS) is 20.4. The Hall–Kier alpha value is -0.620. The third kappa shape index (κ3) is 3.46. The molecule has 15 heavy (non-hydrogen) atoms. The highest BCUT2D eigenvalue weighted by molar-refractivity contribution is 7.08. The van der Waals surface area contributed by atoms with Crippen LogP contribution >= 0.6 is 23.7 Å². The molecule has 4 nitrogen and oxygen atoms in total. The van der Waals surface area contributed by atoms with Gasteiger partial charge in [-0.15, -0.1) is 12.4 Å². The number of thiophene rings is 1. The predicted octanol–water partition coefficient (Wildman–Crippen LogP) is 1.10. The molecule has 2 N–H and O–H groups in total. The number of rotatable bonds is 2. The average Bonchev–Trinajstić information content (AvgIpc) is 2.72. The second kappa shape index (κ2) is 6.07. The number of halogens is 1. The summed E-state index contributed by atoms with van der Waals surface area (Å²) in [6, 6.07) is 1.87. The number of amides is 1. The molecule has 1 aliphatic rings. The van der Waals surface area contributed by atoms with Gasteiger partial charge in [0.05, 0.1) is 12.3 Å². The molecule has 0 saturated carbocycles. The van der Waals surface area contributed by atoms with Crippen molar-refractivity contribution in [1.29, 1.82) is 0 Å². The summed E-state index contributed by atoms with van der Waals surface area (Å²) in [5.41, 5.74) is 0.842. The fourth-order valence-corrected chi connectivity index (χ4v) is 1.88. The van der Waals surface area contributed by atoms with Gasteiger partial charge in [0.25, 0.3) is 5.91 Å². The fourth-order valence-electron chi connectivity index (χ4n) is 1.29. The van der Waals surface area contributed by atoms with Gasteiger partial charge in [-0.25, -0.2) is 0 Å². The summed E-state index contributed by atoms with van der Waals surface area (Å²) < 4.78 is 5.32. The lowest BCUT2D eigenvalue weighted by Gasteiger charge is -2.22. The van der Waals surface area contributed by atoms with Crippen molar-refractivity contribution in [2.75, 3.05) is 25.0 Å². The van der Waals surface area contributed by atoms with Crippen LogP contribution in [0.25, 0.3) is 0 Å². The SMILES string of the molecule is Cl.O=C(Nc1ccsc1)C1CNCCO1. The van der Waals surface area contributed by atoms with Gasteiger partial charge in [-0.2, -0.15) is 11.3 Å². The summed E-state index contributed by atoms with van der Waals surface area (Å²) in [7, 11) is 0. The zero-order valence-corrected chi connectivity index (χ0v) is 9.70. The second-order valence-corrected chi connectivity index (χ2v) is 3.84. The summed E-state index contributed by atoms with van der Waals surface area (Å²) in [5, 5.41) is 9.73. The van der Waals surface area contributed by atoms with E-state index in [0.29, 0.717) is 13.2 Å². The van der Waals surface area contributed by atoms with Gasteiger partial charge in [0.2, 0.25) is 0 Å². The largest absolute Gasteiger partial charge is 0.366 e. The van der Waals surface area contributed by atoms with Crippen LogP contribution in [-0.4, -0.2) is 31.7 Å². The van der Waals surface area contributed by atoms with Crippen LogP contribution in [0.15, 0.2) is 16.8 Å². The summed E-state index contributed by atoms with van der Waals surface area (Å²) in [6.45, 7) is 2.01. The topological polar surface area (TPSA) is 50.4 Å². The molecule has 1 atom stereocenters. The molecule has 84 valence electrons. The van der Waals surface area contributed by atoms with Crippen LogP contribution in [0.5, 0.6) is 0 Å². The smallest absolute Gasteiger partial charge is 0.254 e. The first-order valence-corrected chi connectivity index (χ1v) is 5.46. The first kappa shape index (κ1) is 12.4. The molecule has 0 bridgehead atoms. The summed E-state index contributed by atoms with van der Waals surface area (Å²) in [6.07, 6.45) is -0.358. The average molecular weight is 249 g/mol. The molecule has 1 unspecified atom stereocenters. The van der Waals surface area contributed by atoms with Crippen LogP contribution in [0.3, 0.4) is 0 Å². The molecular formula is C9H13ClN2O2S. The highest BCUT2D eigenvalue weighted by Crippen LogP contribution is 2.12. The van der Waals surface area contributed by atoms with E-state index in [9.17, 15) is 4.79 Å². The Morgan fingerprint density at radius 3 is 3.13 bits per heavy atom. The van der Waals surface area contributed by atoms with E-state index in [1.54, 1.807) is 11.3 Å². The van der Waals surface area contributed by atoms with Crippen molar-refractivity contribution in [2.45, 2.75) is 6.10 Å². The Bertz CT molecular complexity index is 299. The van der Waals surface area contributed by atoms with Crippen LogP contribution in [0, 0.1) is 0 Å². The lowest BCUT2D eigenvalue weighted by Crippen LogP contribution is -2.45. The second-order valence-electron chi connectivity index (χ2n) is 3.06. The van der Waals surface area contributed by atoms with Crippen LogP contribution in [0.2, 0.25) is 0 Å². The number of morpholine rings is 1. The molecule has 0 spiro atoms. The maximum absolute atomic E-state index is 11.6. The van der Waals surface area contributed by atoms with E-state index >= 15 is 0 Å². The van der Waals surface area contributed by atoms with Crippen LogP contribution in [-0.2, 0) is 9.53 Å². The van der Waals surface area contributed by atoms with Gasteiger partial charge in [-0.1, -0.05) is 0 Å². The Balaban J connectivity index is 0.00000112. The molecule has 1 saturated heterocycles. The zero-order valence-electron chi connectivity index (χ0n) is 8.06. The van der Waals surface area contributed by atoms with Crippen molar-refractivity contribution >= 4 is 35.3 Å². The quantitative estimate of drug-likeness (QED) is 0.824. The van der Waals surface area contributed by atoms with Gasteiger partial charge < -0.3 is 15.4 Å². The molecule has 0 aromatic carbocycles. The molecule has 1 aromatic heterocycles.